The van der Waals surface area contributed by atoms with Crippen LogP contribution in [0.15, 0.2) is 23.6 Å². The quantitative estimate of drug-likeness (QED) is 0.640. The van der Waals surface area contributed by atoms with Gasteiger partial charge in [0.25, 0.3) is 0 Å². The van der Waals surface area contributed by atoms with E-state index in [0.29, 0.717) is 36.0 Å². The number of thiazole rings is 1. The fourth-order valence-corrected chi connectivity index (χ4v) is 4.26. The largest absolute Gasteiger partial charge is 0.444 e. The standard InChI is InChI=1S/C23H29FN4O4S/c1-14(29)25-16-5-6-17(18(24)12-16)19-13-33-21(26-19)27-20(30)11-15-7-9-28(10-8-15)22(31)32-23(2,3)4/h5-6,12-13,15H,7-11H2,1-4H3,(H,25,29)(H,26,27,30). The average molecular weight is 477 g/mol. The molecule has 178 valence electrons. The highest BCUT2D eigenvalue weighted by Crippen LogP contribution is 2.29. The van der Waals surface area contributed by atoms with Crippen LogP contribution in [-0.4, -0.2) is 46.5 Å². The van der Waals surface area contributed by atoms with Gasteiger partial charge in [-0.15, -0.1) is 11.3 Å². The Morgan fingerprint density at radius 3 is 2.52 bits per heavy atom. The summed E-state index contributed by atoms with van der Waals surface area (Å²) < 4.78 is 19.8. The molecule has 1 aliphatic rings. The number of benzene rings is 1. The number of nitrogens with one attached hydrogen (secondary N) is 2. The summed E-state index contributed by atoms with van der Waals surface area (Å²) in [6.07, 6.45) is 1.46. The zero-order valence-corrected chi connectivity index (χ0v) is 20.1. The van der Waals surface area contributed by atoms with E-state index < -0.39 is 11.4 Å². The molecule has 1 aromatic heterocycles. The number of rotatable bonds is 5. The molecule has 0 aliphatic carbocycles. The lowest BCUT2D eigenvalue weighted by atomic mass is 9.93. The molecule has 33 heavy (non-hydrogen) atoms. The van der Waals surface area contributed by atoms with Crippen molar-refractivity contribution in [3.8, 4) is 11.3 Å². The summed E-state index contributed by atoms with van der Waals surface area (Å²) in [7, 11) is 0. The molecule has 10 heteroatoms. The fraction of sp³-hybridized carbons (Fsp3) is 0.478. The van der Waals surface area contributed by atoms with E-state index in [-0.39, 0.29) is 29.4 Å². The normalized spacial score (nSPS) is 14.6. The van der Waals surface area contributed by atoms with Crippen LogP contribution in [0.25, 0.3) is 11.3 Å². The molecule has 0 saturated carbocycles. The Morgan fingerprint density at radius 1 is 1.21 bits per heavy atom. The predicted molar refractivity (Wildman–Crippen MR) is 126 cm³/mol. The predicted octanol–water partition coefficient (Wildman–Crippen LogP) is 4.88. The molecule has 1 aromatic carbocycles. The van der Waals surface area contributed by atoms with Crippen LogP contribution in [0.4, 0.5) is 20.0 Å². The Morgan fingerprint density at radius 2 is 1.91 bits per heavy atom. The third-order valence-electron chi connectivity index (χ3n) is 5.06. The first-order chi connectivity index (χ1) is 15.5. The summed E-state index contributed by atoms with van der Waals surface area (Å²) in [6, 6.07) is 4.37. The SMILES string of the molecule is CC(=O)Nc1ccc(-c2csc(NC(=O)CC3CCN(C(=O)OC(C)(C)C)CC3)n2)c(F)c1. The highest BCUT2D eigenvalue weighted by Gasteiger charge is 2.28. The maximum Gasteiger partial charge on any atom is 0.410 e. The highest BCUT2D eigenvalue weighted by molar-refractivity contribution is 7.14. The zero-order valence-electron chi connectivity index (χ0n) is 19.2. The Kier molecular flexibility index (Phi) is 7.68. The lowest BCUT2D eigenvalue weighted by molar-refractivity contribution is -0.117. The maximum atomic E-state index is 14.4. The van der Waals surface area contributed by atoms with Gasteiger partial charge < -0.3 is 20.3 Å². The molecule has 1 saturated heterocycles. The molecular weight excluding hydrogens is 447 g/mol. The Bertz CT molecular complexity index is 1030. The van der Waals surface area contributed by atoms with Crippen LogP contribution in [0.2, 0.25) is 0 Å². The minimum atomic E-state index is -0.531. The molecule has 3 amide bonds. The van der Waals surface area contributed by atoms with Gasteiger partial charge in [0.05, 0.1) is 5.69 Å². The first kappa shape index (κ1) is 24.6. The van der Waals surface area contributed by atoms with Crippen LogP contribution in [0, 0.1) is 11.7 Å². The van der Waals surface area contributed by atoms with Crippen molar-refractivity contribution in [3.05, 3.63) is 29.4 Å². The number of carbonyl (C=O) groups excluding carboxylic acids is 3. The molecule has 0 radical (unpaired) electrons. The Balaban J connectivity index is 1.51. The van der Waals surface area contributed by atoms with Gasteiger partial charge in [-0.05, 0) is 57.7 Å². The Hall–Kier alpha value is -3.01. The van der Waals surface area contributed by atoms with Crippen molar-refractivity contribution < 1.29 is 23.5 Å². The Labute approximate surface area is 196 Å². The molecule has 0 spiro atoms. The van der Waals surface area contributed by atoms with Crippen molar-refractivity contribution in [2.45, 2.75) is 52.6 Å². The van der Waals surface area contributed by atoms with Crippen LogP contribution in [0.1, 0.15) is 47.0 Å². The number of nitrogens with zero attached hydrogens (tertiary/aromatic N) is 2. The van der Waals surface area contributed by atoms with Gasteiger partial charge in [-0.3, -0.25) is 9.59 Å². The molecule has 0 atom stereocenters. The number of anilines is 2. The number of hydrogen-bond donors (Lipinski definition) is 2. The molecule has 1 fully saturated rings. The van der Waals surface area contributed by atoms with E-state index in [1.807, 2.05) is 20.8 Å². The number of aromatic nitrogens is 1. The summed E-state index contributed by atoms with van der Waals surface area (Å²) in [6.45, 7) is 7.97. The van der Waals surface area contributed by atoms with Gasteiger partial charge >= 0.3 is 6.09 Å². The van der Waals surface area contributed by atoms with E-state index in [2.05, 4.69) is 15.6 Å². The summed E-state index contributed by atoms with van der Waals surface area (Å²) >= 11 is 1.22. The topological polar surface area (TPSA) is 101 Å². The van der Waals surface area contributed by atoms with Crippen molar-refractivity contribution in [2.75, 3.05) is 23.7 Å². The second-order valence-corrected chi connectivity index (χ2v) is 9.93. The second-order valence-electron chi connectivity index (χ2n) is 9.08. The van der Waals surface area contributed by atoms with Crippen LogP contribution in [-0.2, 0) is 14.3 Å². The number of piperidine rings is 1. The van der Waals surface area contributed by atoms with E-state index in [1.165, 1.54) is 24.3 Å². The highest BCUT2D eigenvalue weighted by atomic mass is 32.1. The van der Waals surface area contributed by atoms with Crippen LogP contribution < -0.4 is 10.6 Å². The van der Waals surface area contributed by atoms with E-state index in [4.69, 9.17) is 4.74 Å². The van der Waals surface area contributed by atoms with Gasteiger partial charge in [0.1, 0.15) is 11.4 Å². The minimum Gasteiger partial charge on any atom is -0.444 e. The van der Waals surface area contributed by atoms with Crippen molar-refractivity contribution in [1.29, 1.82) is 0 Å². The minimum absolute atomic E-state index is 0.159. The molecule has 2 heterocycles. The van der Waals surface area contributed by atoms with Gasteiger partial charge in [0, 0.05) is 43.1 Å². The van der Waals surface area contributed by atoms with Crippen LogP contribution in [0.5, 0.6) is 0 Å². The van der Waals surface area contributed by atoms with E-state index in [0.717, 1.165) is 12.8 Å². The summed E-state index contributed by atoms with van der Waals surface area (Å²) in [5, 5.41) is 7.38. The zero-order chi connectivity index (χ0) is 24.2. The third-order valence-corrected chi connectivity index (χ3v) is 5.81. The molecule has 1 aliphatic heterocycles. The number of halogens is 1. The lowest BCUT2D eigenvalue weighted by Gasteiger charge is -2.33. The van der Waals surface area contributed by atoms with Crippen molar-refractivity contribution >= 4 is 40.1 Å². The lowest BCUT2D eigenvalue weighted by Crippen LogP contribution is -2.42. The van der Waals surface area contributed by atoms with Gasteiger partial charge in [-0.25, -0.2) is 14.2 Å². The number of amides is 3. The molecule has 2 aromatic rings. The van der Waals surface area contributed by atoms with Crippen molar-refractivity contribution in [3.63, 3.8) is 0 Å². The summed E-state index contributed by atoms with van der Waals surface area (Å²) in [5.41, 5.74) is 0.532. The van der Waals surface area contributed by atoms with Gasteiger partial charge in [0.2, 0.25) is 11.8 Å². The maximum absolute atomic E-state index is 14.4. The second kappa shape index (κ2) is 10.3. The smallest absolute Gasteiger partial charge is 0.410 e. The monoisotopic (exact) mass is 476 g/mol. The molecule has 2 N–H and O–H groups in total. The molecule has 3 rings (SSSR count). The number of likely N-dealkylation sites (tertiary alicyclic amines) is 1. The third kappa shape index (κ3) is 7.24. The number of hydrogen-bond acceptors (Lipinski definition) is 6. The molecule has 0 unspecified atom stereocenters. The first-order valence-corrected chi connectivity index (χ1v) is 11.7. The van der Waals surface area contributed by atoms with Crippen molar-refractivity contribution in [2.24, 2.45) is 5.92 Å². The van der Waals surface area contributed by atoms with Gasteiger partial charge in [-0.2, -0.15) is 0 Å². The van der Waals surface area contributed by atoms with E-state index >= 15 is 0 Å². The summed E-state index contributed by atoms with van der Waals surface area (Å²) in [4.78, 5) is 41.8. The van der Waals surface area contributed by atoms with Gasteiger partial charge in [0.15, 0.2) is 5.13 Å². The summed E-state index contributed by atoms with van der Waals surface area (Å²) in [5.74, 6) is -0.785. The van der Waals surface area contributed by atoms with Gasteiger partial charge in [-0.1, -0.05) is 0 Å². The van der Waals surface area contributed by atoms with Crippen LogP contribution >= 0.6 is 11.3 Å². The van der Waals surface area contributed by atoms with E-state index in [9.17, 15) is 18.8 Å². The van der Waals surface area contributed by atoms with Crippen LogP contribution in [0.3, 0.4) is 0 Å². The van der Waals surface area contributed by atoms with E-state index in [1.54, 1.807) is 22.4 Å². The number of carbonyl (C=O) groups is 3. The average Bonchev–Trinajstić information content (AvgIpc) is 3.14. The molecule has 0 bridgehead atoms. The van der Waals surface area contributed by atoms with Crippen molar-refractivity contribution in [1.82, 2.24) is 9.88 Å². The number of ether oxygens (including phenoxy) is 1. The first-order valence-electron chi connectivity index (χ1n) is 10.8. The molecular formula is C23H29FN4O4S. The fourth-order valence-electron chi connectivity index (χ4n) is 3.54. The molecule has 8 nitrogen and oxygen atoms in total.